The van der Waals surface area contributed by atoms with Crippen molar-refractivity contribution in [3.63, 3.8) is 0 Å². The normalized spacial score (nSPS) is 22.9. The van der Waals surface area contributed by atoms with E-state index in [0.29, 0.717) is 36.4 Å². The van der Waals surface area contributed by atoms with Crippen LogP contribution in [0.2, 0.25) is 0 Å². The standard InChI is InChI=1S/C15H18F3N5O/c16-15(17,18)12-6-11(20-21-12)10-2-1-5-23(7-10)8-13-19-14(24-22-13)9-3-4-9/h6,9-10H,1-5,7-8H2,(H,20,21). The maximum absolute atomic E-state index is 12.7. The minimum absolute atomic E-state index is 0.0113. The molecule has 0 radical (unpaired) electrons. The number of aromatic amines is 1. The molecule has 1 unspecified atom stereocenters. The molecule has 2 aromatic heterocycles. The molecule has 6 nitrogen and oxygen atoms in total. The Morgan fingerprint density at radius 1 is 1.25 bits per heavy atom. The Morgan fingerprint density at radius 2 is 2.08 bits per heavy atom. The molecule has 2 aliphatic rings. The minimum Gasteiger partial charge on any atom is -0.339 e. The lowest BCUT2D eigenvalue weighted by Gasteiger charge is -2.31. The van der Waals surface area contributed by atoms with E-state index in [0.717, 1.165) is 38.3 Å². The Labute approximate surface area is 136 Å². The van der Waals surface area contributed by atoms with Gasteiger partial charge in [-0.1, -0.05) is 5.16 Å². The molecule has 9 heteroatoms. The van der Waals surface area contributed by atoms with Gasteiger partial charge in [0.2, 0.25) is 5.89 Å². The van der Waals surface area contributed by atoms with E-state index in [1.165, 1.54) is 0 Å². The number of hydrogen-bond acceptors (Lipinski definition) is 5. The fraction of sp³-hybridized carbons (Fsp3) is 0.667. The molecule has 4 rings (SSSR count). The van der Waals surface area contributed by atoms with Crippen LogP contribution in [0.25, 0.3) is 0 Å². The second-order valence-corrected chi connectivity index (χ2v) is 6.60. The maximum Gasteiger partial charge on any atom is 0.435 e. The monoisotopic (exact) mass is 341 g/mol. The summed E-state index contributed by atoms with van der Waals surface area (Å²) in [6.07, 6.45) is -0.440. The number of hydrogen-bond donors (Lipinski definition) is 1. The van der Waals surface area contributed by atoms with E-state index < -0.39 is 11.9 Å². The topological polar surface area (TPSA) is 70.8 Å². The van der Waals surface area contributed by atoms with E-state index in [2.05, 4.69) is 25.2 Å². The van der Waals surface area contributed by atoms with Crippen LogP contribution in [0.5, 0.6) is 0 Å². The van der Waals surface area contributed by atoms with Gasteiger partial charge in [-0.2, -0.15) is 23.3 Å². The number of rotatable bonds is 4. The summed E-state index contributed by atoms with van der Waals surface area (Å²) in [6, 6.07) is 1.12. The molecular weight excluding hydrogens is 323 g/mol. The van der Waals surface area contributed by atoms with Gasteiger partial charge in [0.25, 0.3) is 0 Å². The van der Waals surface area contributed by atoms with Gasteiger partial charge < -0.3 is 4.52 Å². The van der Waals surface area contributed by atoms with Gasteiger partial charge >= 0.3 is 6.18 Å². The van der Waals surface area contributed by atoms with Crippen LogP contribution in [0.4, 0.5) is 13.2 Å². The summed E-state index contributed by atoms with van der Waals surface area (Å²) in [5, 5.41) is 9.95. The van der Waals surface area contributed by atoms with Crippen LogP contribution >= 0.6 is 0 Å². The zero-order valence-electron chi connectivity index (χ0n) is 13.0. The highest BCUT2D eigenvalue weighted by Crippen LogP contribution is 2.39. The largest absolute Gasteiger partial charge is 0.435 e. The van der Waals surface area contributed by atoms with E-state index in [-0.39, 0.29) is 5.92 Å². The Kier molecular flexibility index (Phi) is 3.82. The van der Waals surface area contributed by atoms with Gasteiger partial charge in [0, 0.05) is 24.1 Å². The zero-order valence-corrected chi connectivity index (χ0v) is 13.0. The van der Waals surface area contributed by atoms with Crippen molar-refractivity contribution in [2.45, 2.75) is 50.2 Å². The summed E-state index contributed by atoms with van der Waals surface area (Å²) in [6.45, 7) is 2.10. The first kappa shape index (κ1) is 15.6. The van der Waals surface area contributed by atoms with Gasteiger partial charge in [-0.15, -0.1) is 0 Å². The van der Waals surface area contributed by atoms with E-state index in [1.54, 1.807) is 0 Å². The lowest BCUT2D eigenvalue weighted by Crippen LogP contribution is -2.34. The Bertz CT molecular complexity index is 706. The van der Waals surface area contributed by atoms with Crippen molar-refractivity contribution in [2.75, 3.05) is 13.1 Å². The van der Waals surface area contributed by atoms with Gasteiger partial charge in [-0.25, -0.2) is 0 Å². The maximum atomic E-state index is 12.7. The first-order valence-corrected chi connectivity index (χ1v) is 8.16. The second-order valence-electron chi connectivity index (χ2n) is 6.60. The molecule has 0 spiro atoms. The smallest absolute Gasteiger partial charge is 0.339 e. The number of alkyl halides is 3. The second kappa shape index (κ2) is 5.87. The van der Waals surface area contributed by atoms with Crippen molar-refractivity contribution in [3.05, 3.63) is 29.2 Å². The van der Waals surface area contributed by atoms with Crippen molar-refractivity contribution >= 4 is 0 Å². The number of aromatic nitrogens is 4. The van der Waals surface area contributed by atoms with E-state index >= 15 is 0 Å². The van der Waals surface area contributed by atoms with Crippen molar-refractivity contribution in [2.24, 2.45) is 0 Å². The summed E-state index contributed by atoms with van der Waals surface area (Å²) in [4.78, 5) is 6.57. The Hall–Kier alpha value is -1.90. The predicted octanol–water partition coefficient (Wildman–Crippen LogP) is 3.07. The summed E-state index contributed by atoms with van der Waals surface area (Å²) in [7, 11) is 0. The van der Waals surface area contributed by atoms with Crippen molar-refractivity contribution in [3.8, 4) is 0 Å². The van der Waals surface area contributed by atoms with Gasteiger partial charge in [-0.05, 0) is 38.3 Å². The first-order chi connectivity index (χ1) is 11.5. The van der Waals surface area contributed by atoms with Gasteiger partial charge in [0.05, 0.1) is 6.54 Å². The van der Waals surface area contributed by atoms with E-state index in [9.17, 15) is 13.2 Å². The lowest BCUT2D eigenvalue weighted by atomic mass is 9.94. The fourth-order valence-electron chi connectivity index (χ4n) is 3.17. The van der Waals surface area contributed by atoms with E-state index in [4.69, 9.17) is 4.52 Å². The fourth-order valence-corrected chi connectivity index (χ4v) is 3.17. The molecule has 1 saturated carbocycles. The van der Waals surface area contributed by atoms with E-state index in [1.807, 2.05) is 0 Å². The first-order valence-electron chi connectivity index (χ1n) is 8.16. The molecule has 1 aliphatic heterocycles. The van der Waals surface area contributed by atoms with Crippen molar-refractivity contribution in [1.29, 1.82) is 0 Å². The number of nitrogens with one attached hydrogen (secondary N) is 1. The molecule has 0 aromatic carbocycles. The van der Waals surface area contributed by atoms with Crippen LogP contribution < -0.4 is 0 Å². The molecule has 2 aromatic rings. The number of nitrogens with zero attached hydrogens (tertiary/aromatic N) is 4. The third kappa shape index (κ3) is 3.31. The molecular formula is C15H18F3N5O. The summed E-state index contributed by atoms with van der Waals surface area (Å²) in [5.74, 6) is 1.79. The van der Waals surface area contributed by atoms with Crippen molar-refractivity contribution in [1.82, 2.24) is 25.2 Å². The molecule has 1 aliphatic carbocycles. The zero-order chi connectivity index (χ0) is 16.7. The highest BCUT2D eigenvalue weighted by atomic mass is 19.4. The highest BCUT2D eigenvalue weighted by molar-refractivity contribution is 5.16. The highest BCUT2D eigenvalue weighted by Gasteiger charge is 2.35. The number of likely N-dealkylation sites (tertiary alicyclic amines) is 1. The van der Waals surface area contributed by atoms with Crippen LogP contribution in [0.15, 0.2) is 10.6 Å². The third-order valence-corrected chi connectivity index (χ3v) is 4.61. The van der Waals surface area contributed by atoms with Gasteiger partial charge in [0.15, 0.2) is 11.5 Å². The quantitative estimate of drug-likeness (QED) is 0.925. The van der Waals surface area contributed by atoms with Gasteiger partial charge in [0.1, 0.15) is 0 Å². The number of halogens is 3. The lowest BCUT2D eigenvalue weighted by molar-refractivity contribution is -0.141. The molecule has 0 amide bonds. The van der Waals surface area contributed by atoms with Crippen LogP contribution in [0.3, 0.4) is 0 Å². The van der Waals surface area contributed by atoms with Crippen LogP contribution in [-0.2, 0) is 12.7 Å². The molecule has 1 atom stereocenters. The Balaban J connectivity index is 1.40. The van der Waals surface area contributed by atoms with Crippen LogP contribution in [-0.4, -0.2) is 38.3 Å². The average Bonchev–Trinajstić information content (AvgIpc) is 3.08. The van der Waals surface area contributed by atoms with Crippen LogP contribution in [0, 0.1) is 0 Å². The Morgan fingerprint density at radius 3 is 2.79 bits per heavy atom. The van der Waals surface area contributed by atoms with Crippen molar-refractivity contribution < 1.29 is 17.7 Å². The molecule has 0 bridgehead atoms. The predicted molar refractivity (Wildman–Crippen MR) is 77.1 cm³/mol. The van der Waals surface area contributed by atoms with Gasteiger partial charge in [-0.3, -0.25) is 10.00 Å². The average molecular weight is 341 g/mol. The third-order valence-electron chi connectivity index (χ3n) is 4.61. The molecule has 1 N–H and O–H groups in total. The molecule has 2 fully saturated rings. The molecule has 1 saturated heterocycles. The minimum atomic E-state index is -4.41. The molecule has 130 valence electrons. The number of H-pyrrole nitrogens is 1. The number of piperidine rings is 1. The SMILES string of the molecule is FC(F)(F)c1cc(C2CCCN(Cc3noc(C4CC4)n3)C2)[nH]n1. The molecule has 24 heavy (non-hydrogen) atoms. The van der Waals surface area contributed by atoms with Crippen LogP contribution in [0.1, 0.15) is 60.6 Å². The molecule has 3 heterocycles. The summed E-state index contributed by atoms with van der Waals surface area (Å²) < 4.78 is 43.3. The summed E-state index contributed by atoms with van der Waals surface area (Å²) in [5.41, 5.74) is -0.319. The summed E-state index contributed by atoms with van der Waals surface area (Å²) >= 11 is 0.